The van der Waals surface area contributed by atoms with Crippen LogP contribution in [0.2, 0.25) is 0 Å². The van der Waals surface area contributed by atoms with E-state index < -0.39 is 5.91 Å². The molecular formula is C17H17N3O4S. The van der Waals surface area contributed by atoms with Crippen LogP contribution in [-0.2, 0) is 16.0 Å². The van der Waals surface area contributed by atoms with Crippen molar-refractivity contribution in [3.8, 4) is 5.75 Å². The van der Waals surface area contributed by atoms with Gasteiger partial charge in [-0.15, -0.1) is 0 Å². The highest BCUT2D eigenvalue weighted by molar-refractivity contribution is 7.80. The van der Waals surface area contributed by atoms with Crippen molar-refractivity contribution in [2.24, 2.45) is 0 Å². The summed E-state index contributed by atoms with van der Waals surface area (Å²) in [5, 5.41) is 2.38. The summed E-state index contributed by atoms with van der Waals surface area (Å²) in [6.07, 6.45) is 4.43. The molecule has 2 amide bonds. The number of methoxy groups -OCH3 is 1. The van der Waals surface area contributed by atoms with E-state index in [1.807, 2.05) is 0 Å². The first-order chi connectivity index (χ1) is 12.1. The maximum Gasteiger partial charge on any atom is 0.250 e. The van der Waals surface area contributed by atoms with E-state index in [-0.39, 0.29) is 17.4 Å². The van der Waals surface area contributed by atoms with E-state index in [2.05, 4.69) is 16.2 Å². The maximum atomic E-state index is 11.8. The molecule has 0 fully saturated rings. The smallest absolute Gasteiger partial charge is 0.250 e. The van der Waals surface area contributed by atoms with Crippen molar-refractivity contribution in [3.05, 3.63) is 60.1 Å². The molecule has 0 aliphatic heterocycles. The van der Waals surface area contributed by atoms with Crippen molar-refractivity contribution in [2.45, 2.75) is 6.42 Å². The molecular weight excluding hydrogens is 342 g/mol. The van der Waals surface area contributed by atoms with Crippen LogP contribution in [0.1, 0.15) is 11.3 Å². The molecule has 0 atom stereocenters. The Bertz CT molecular complexity index is 755. The average Bonchev–Trinajstić information content (AvgIpc) is 3.12. The molecule has 130 valence electrons. The van der Waals surface area contributed by atoms with Gasteiger partial charge < -0.3 is 9.15 Å². The van der Waals surface area contributed by atoms with Crippen LogP contribution in [0.15, 0.2) is 53.2 Å². The van der Waals surface area contributed by atoms with Crippen LogP contribution in [0.5, 0.6) is 5.75 Å². The van der Waals surface area contributed by atoms with E-state index in [4.69, 9.17) is 21.4 Å². The highest BCUT2D eigenvalue weighted by atomic mass is 32.1. The molecule has 0 saturated heterocycles. The second-order valence-corrected chi connectivity index (χ2v) is 5.27. The van der Waals surface area contributed by atoms with Gasteiger partial charge in [0.25, 0.3) is 0 Å². The minimum absolute atomic E-state index is 0.0165. The standard InChI is InChI=1S/C17H17N3O4S/c1-23-13-6-4-12(5-7-13)11-16(22)19-20-17(25)18-15(21)9-8-14-3-2-10-24-14/h2-10H,11H2,1H3,(H,19,22)(H2,18,20,21,25). The zero-order valence-corrected chi connectivity index (χ0v) is 14.3. The molecule has 0 unspecified atom stereocenters. The number of thiocarbonyl (C=S) groups is 1. The van der Waals surface area contributed by atoms with Gasteiger partial charge in [0.15, 0.2) is 5.11 Å². The number of ether oxygens (including phenoxy) is 1. The Morgan fingerprint density at radius 3 is 2.60 bits per heavy atom. The molecule has 0 bridgehead atoms. The Morgan fingerprint density at radius 1 is 1.20 bits per heavy atom. The quantitative estimate of drug-likeness (QED) is 0.426. The SMILES string of the molecule is COc1ccc(CC(=O)NNC(=S)NC(=O)C=Cc2ccco2)cc1. The van der Waals surface area contributed by atoms with Gasteiger partial charge in [-0.2, -0.15) is 0 Å². The number of carbonyl (C=O) groups is 2. The topological polar surface area (TPSA) is 92.6 Å². The number of hydrazine groups is 1. The van der Waals surface area contributed by atoms with Crippen molar-refractivity contribution in [2.75, 3.05) is 7.11 Å². The molecule has 0 aliphatic carbocycles. The van der Waals surface area contributed by atoms with E-state index in [9.17, 15) is 9.59 Å². The predicted molar refractivity (Wildman–Crippen MR) is 96.5 cm³/mol. The van der Waals surface area contributed by atoms with Gasteiger partial charge in [-0.25, -0.2) is 0 Å². The highest BCUT2D eigenvalue weighted by Crippen LogP contribution is 2.11. The minimum atomic E-state index is -0.446. The molecule has 0 spiro atoms. The Hall–Kier alpha value is -3.13. The molecule has 1 aromatic heterocycles. The number of nitrogens with one attached hydrogen (secondary N) is 3. The van der Waals surface area contributed by atoms with Gasteiger partial charge in [0, 0.05) is 6.08 Å². The third-order valence-electron chi connectivity index (χ3n) is 3.02. The normalized spacial score (nSPS) is 10.3. The van der Waals surface area contributed by atoms with Crippen LogP contribution in [0.4, 0.5) is 0 Å². The monoisotopic (exact) mass is 359 g/mol. The summed E-state index contributed by atoms with van der Waals surface area (Å²) in [7, 11) is 1.57. The molecule has 7 nitrogen and oxygen atoms in total. The van der Waals surface area contributed by atoms with Crippen molar-refractivity contribution in [3.63, 3.8) is 0 Å². The summed E-state index contributed by atoms with van der Waals surface area (Å²) in [5.41, 5.74) is 5.70. The number of amides is 2. The molecule has 2 aromatic rings. The van der Waals surface area contributed by atoms with Crippen LogP contribution in [0.3, 0.4) is 0 Å². The lowest BCUT2D eigenvalue weighted by atomic mass is 10.1. The lowest BCUT2D eigenvalue weighted by molar-refractivity contribution is -0.121. The number of hydrogen-bond donors (Lipinski definition) is 3. The summed E-state index contributed by atoms with van der Waals surface area (Å²) in [5.74, 6) is 0.516. The maximum absolute atomic E-state index is 11.8. The lowest BCUT2D eigenvalue weighted by Crippen LogP contribution is -2.48. The van der Waals surface area contributed by atoms with Gasteiger partial charge in [0.1, 0.15) is 11.5 Å². The van der Waals surface area contributed by atoms with Gasteiger partial charge in [-0.05, 0) is 48.1 Å². The molecule has 8 heteroatoms. The van der Waals surface area contributed by atoms with Crippen LogP contribution in [0.25, 0.3) is 6.08 Å². The van der Waals surface area contributed by atoms with Crippen molar-refractivity contribution in [1.82, 2.24) is 16.2 Å². The Balaban J connectivity index is 1.71. The van der Waals surface area contributed by atoms with Gasteiger partial charge in [-0.1, -0.05) is 12.1 Å². The molecule has 0 radical (unpaired) electrons. The average molecular weight is 359 g/mol. The number of furan rings is 1. The summed E-state index contributed by atoms with van der Waals surface area (Å²) >= 11 is 4.93. The second-order valence-electron chi connectivity index (χ2n) is 4.87. The highest BCUT2D eigenvalue weighted by Gasteiger charge is 2.05. The molecule has 0 saturated carbocycles. The molecule has 3 N–H and O–H groups in total. The molecule has 2 rings (SSSR count). The van der Waals surface area contributed by atoms with E-state index in [0.29, 0.717) is 11.5 Å². The Kier molecular flexibility index (Phi) is 6.73. The molecule has 1 heterocycles. The summed E-state index contributed by atoms with van der Waals surface area (Å²) in [6, 6.07) is 10.5. The third-order valence-corrected chi connectivity index (χ3v) is 3.22. The summed E-state index contributed by atoms with van der Waals surface area (Å²) in [4.78, 5) is 23.5. The predicted octanol–water partition coefficient (Wildman–Crippen LogP) is 1.57. The molecule has 25 heavy (non-hydrogen) atoms. The van der Waals surface area contributed by atoms with Crippen LogP contribution in [0, 0.1) is 0 Å². The second kappa shape index (κ2) is 9.24. The van der Waals surface area contributed by atoms with Crippen LogP contribution in [-0.4, -0.2) is 24.0 Å². The lowest BCUT2D eigenvalue weighted by Gasteiger charge is -2.10. The Labute approximate surface area is 150 Å². The van der Waals surface area contributed by atoms with Crippen LogP contribution >= 0.6 is 12.2 Å². The fraction of sp³-hybridized carbons (Fsp3) is 0.118. The number of carbonyl (C=O) groups excluding carboxylic acids is 2. The van der Waals surface area contributed by atoms with Crippen molar-refractivity contribution < 1.29 is 18.7 Å². The van der Waals surface area contributed by atoms with Gasteiger partial charge in [0.2, 0.25) is 11.8 Å². The largest absolute Gasteiger partial charge is 0.497 e. The molecule has 1 aromatic carbocycles. The van der Waals surface area contributed by atoms with E-state index in [1.54, 1.807) is 43.5 Å². The first kappa shape index (κ1) is 18.2. The fourth-order valence-electron chi connectivity index (χ4n) is 1.83. The Morgan fingerprint density at radius 2 is 1.96 bits per heavy atom. The third kappa shape index (κ3) is 6.48. The van der Waals surface area contributed by atoms with E-state index in [0.717, 1.165) is 5.56 Å². The zero-order chi connectivity index (χ0) is 18.1. The fourth-order valence-corrected chi connectivity index (χ4v) is 1.98. The first-order valence-electron chi connectivity index (χ1n) is 7.31. The van der Waals surface area contributed by atoms with Gasteiger partial charge in [0.05, 0.1) is 19.8 Å². The number of benzene rings is 1. The minimum Gasteiger partial charge on any atom is -0.497 e. The van der Waals surface area contributed by atoms with Gasteiger partial charge in [-0.3, -0.25) is 25.8 Å². The van der Waals surface area contributed by atoms with Crippen molar-refractivity contribution >= 4 is 35.2 Å². The van der Waals surface area contributed by atoms with Crippen LogP contribution < -0.4 is 20.9 Å². The van der Waals surface area contributed by atoms with Crippen molar-refractivity contribution in [1.29, 1.82) is 0 Å². The first-order valence-corrected chi connectivity index (χ1v) is 7.72. The summed E-state index contributed by atoms with van der Waals surface area (Å²) in [6.45, 7) is 0. The van der Waals surface area contributed by atoms with E-state index in [1.165, 1.54) is 18.4 Å². The number of hydrogen-bond acceptors (Lipinski definition) is 5. The molecule has 0 aliphatic rings. The van der Waals surface area contributed by atoms with Gasteiger partial charge >= 0.3 is 0 Å². The zero-order valence-electron chi connectivity index (χ0n) is 13.4. The number of rotatable bonds is 5. The van der Waals surface area contributed by atoms with E-state index >= 15 is 0 Å². The summed E-state index contributed by atoms with van der Waals surface area (Å²) < 4.78 is 10.1.